The molecule has 24 heavy (non-hydrogen) atoms. The van der Waals surface area contributed by atoms with E-state index in [1.165, 1.54) is 0 Å². The fourth-order valence-corrected chi connectivity index (χ4v) is 2.79. The van der Waals surface area contributed by atoms with Gasteiger partial charge in [0.2, 0.25) is 5.91 Å². The number of piperazine rings is 1. The maximum absolute atomic E-state index is 12.5. The molecule has 0 bridgehead atoms. The second-order valence-corrected chi connectivity index (χ2v) is 6.70. The molecular formula is C16H22Cl2N4O2. The average molecular weight is 373 g/mol. The van der Waals surface area contributed by atoms with Crippen molar-refractivity contribution in [3.05, 3.63) is 28.0 Å². The monoisotopic (exact) mass is 372 g/mol. The number of nitrogens with zero attached hydrogens (tertiary/aromatic N) is 3. The van der Waals surface area contributed by atoms with Gasteiger partial charge in [-0.2, -0.15) is 0 Å². The maximum Gasteiger partial charge on any atom is 0.274 e. The first-order valence-corrected chi connectivity index (χ1v) is 8.79. The van der Waals surface area contributed by atoms with Gasteiger partial charge in [-0.15, -0.1) is 0 Å². The van der Waals surface area contributed by atoms with E-state index in [-0.39, 0.29) is 28.7 Å². The van der Waals surface area contributed by atoms with E-state index in [2.05, 4.69) is 10.3 Å². The topological polar surface area (TPSA) is 65.5 Å². The molecule has 0 radical (unpaired) electrons. The Balaban J connectivity index is 1.87. The largest absolute Gasteiger partial charge is 0.353 e. The number of rotatable bonds is 5. The Hall–Kier alpha value is -1.37. The van der Waals surface area contributed by atoms with Crippen molar-refractivity contribution in [3.8, 4) is 0 Å². The van der Waals surface area contributed by atoms with Gasteiger partial charge in [-0.3, -0.25) is 14.5 Å². The van der Waals surface area contributed by atoms with Crippen LogP contribution >= 0.6 is 23.2 Å². The van der Waals surface area contributed by atoms with E-state index in [9.17, 15) is 9.59 Å². The Morgan fingerprint density at radius 3 is 2.54 bits per heavy atom. The van der Waals surface area contributed by atoms with Gasteiger partial charge in [0.15, 0.2) is 0 Å². The van der Waals surface area contributed by atoms with Crippen LogP contribution in [0.15, 0.2) is 12.1 Å². The third-order valence-corrected chi connectivity index (χ3v) is 4.58. The number of carbonyl (C=O) groups excluding carboxylic acids is 2. The minimum absolute atomic E-state index is 0.0173. The zero-order chi connectivity index (χ0) is 17.7. The zero-order valence-corrected chi connectivity index (χ0v) is 15.4. The Morgan fingerprint density at radius 2 is 1.92 bits per heavy atom. The van der Waals surface area contributed by atoms with Crippen molar-refractivity contribution >= 4 is 35.0 Å². The highest BCUT2D eigenvalue weighted by molar-refractivity contribution is 6.34. The molecule has 6 nitrogen and oxygen atoms in total. The van der Waals surface area contributed by atoms with Gasteiger partial charge >= 0.3 is 0 Å². The second kappa shape index (κ2) is 8.65. The van der Waals surface area contributed by atoms with Crippen molar-refractivity contribution in [1.82, 2.24) is 20.1 Å². The standard InChI is InChI=1S/C16H22Cl2N4O2/c1-3-11(2)19-14(23)10-21-6-8-22(9-7-21)16(24)15-12(17)4-5-13(18)20-15/h4-5,11H,3,6-10H2,1-2H3,(H,19,23). The molecule has 1 aromatic heterocycles. The number of pyridine rings is 1. The minimum atomic E-state index is -0.230. The third kappa shape index (κ3) is 5.06. The molecule has 2 rings (SSSR count). The molecule has 2 heterocycles. The van der Waals surface area contributed by atoms with Crippen molar-refractivity contribution in [2.24, 2.45) is 0 Å². The highest BCUT2D eigenvalue weighted by Crippen LogP contribution is 2.19. The van der Waals surface area contributed by atoms with Crippen molar-refractivity contribution in [1.29, 1.82) is 0 Å². The Morgan fingerprint density at radius 1 is 1.25 bits per heavy atom. The van der Waals surface area contributed by atoms with Gasteiger partial charge in [0, 0.05) is 32.2 Å². The fraction of sp³-hybridized carbons (Fsp3) is 0.562. The van der Waals surface area contributed by atoms with Crippen LogP contribution in [-0.2, 0) is 4.79 Å². The van der Waals surface area contributed by atoms with E-state index in [0.29, 0.717) is 37.7 Å². The Labute approximate surface area is 152 Å². The number of hydrogen-bond donors (Lipinski definition) is 1. The van der Waals surface area contributed by atoms with Gasteiger partial charge in [0.05, 0.1) is 11.6 Å². The second-order valence-electron chi connectivity index (χ2n) is 5.91. The lowest BCUT2D eigenvalue weighted by molar-refractivity contribution is -0.123. The molecule has 132 valence electrons. The normalized spacial score (nSPS) is 16.8. The van der Waals surface area contributed by atoms with Crippen molar-refractivity contribution < 1.29 is 9.59 Å². The molecular weight excluding hydrogens is 351 g/mol. The minimum Gasteiger partial charge on any atom is -0.353 e. The molecule has 1 fully saturated rings. The maximum atomic E-state index is 12.5. The molecule has 0 spiro atoms. The van der Waals surface area contributed by atoms with Crippen LogP contribution < -0.4 is 5.32 Å². The van der Waals surface area contributed by atoms with E-state index in [1.807, 2.05) is 18.7 Å². The summed E-state index contributed by atoms with van der Waals surface area (Å²) in [5.74, 6) is -0.213. The highest BCUT2D eigenvalue weighted by Gasteiger charge is 2.25. The van der Waals surface area contributed by atoms with Gasteiger partial charge in [-0.05, 0) is 25.5 Å². The SMILES string of the molecule is CCC(C)NC(=O)CN1CCN(C(=O)c2nc(Cl)ccc2Cl)CC1. The predicted molar refractivity (Wildman–Crippen MR) is 94.5 cm³/mol. The fourth-order valence-electron chi connectivity index (χ4n) is 2.45. The van der Waals surface area contributed by atoms with E-state index < -0.39 is 0 Å². The molecule has 1 N–H and O–H groups in total. The van der Waals surface area contributed by atoms with Crippen molar-refractivity contribution in [3.63, 3.8) is 0 Å². The van der Waals surface area contributed by atoms with Crippen molar-refractivity contribution in [2.75, 3.05) is 32.7 Å². The summed E-state index contributed by atoms with van der Waals surface area (Å²) in [7, 11) is 0. The summed E-state index contributed by atoms with van der Waals surface area (Å²) >= 11 is 11.9. The quantitative estimate of drug-likeness (QED) is 0.803. The third-order valence-electron chi connectivity index (χ3n) is 4.06. The first kappa shape index (κ1) is 19.0. The van der Waals surface area contributed by atoms with Crippen LogP contribution in [0, 0.1) is 0 Å². The summed E-state index contributed by atoms with van der Waals surface area (Å²) < 4.78 is 0. The van der Waals surface area contributed by atoms with Crippen molar-refractivity contribution in [2.45, 2.75) is 26.3 Å². The number of nitrogens with one attached hydrogen (secondary N) is 1. The number of hydrogen-bond acceptors (Lipinski definition) is 4. The molecule has 0 aliphatic carbocycles. The number of aromatic nitrogens is 1. The number of carbonyl (C=O) groups is 2. The van der Waals surface area contributed by atoms with E-state index >= 15 is 0 Å². The van der Waals surface area contributed by atoms with Crippen LogP contribution in [0.5, 0.6) is 0 Å². The first-order valence-electron chi connectivity index (χ1n) is 8.03. The van der Waals surface area contributed by atoms with Gasteiger partial charge < -0.3 is 10.2 Å². The van der Waals surface area contributed by atoms with Gasteiger partial charge in [0.25, 0.3) is 5.91 Å². The molecule has 1 aliphatic heterocycles. The van der Waals surface area contributed by atoms with Crippen LogP contribution in [0.2, 0.25) is 10.2 Å². The van der Waals surface area contributed by atoms with Crippen LogP contribution in [0.1, 0.15) is 30.8 Å². The summed E-state index contributed by atoms with van der Waals surface area (Å²) in [6.45, 7) is 6.69. The number of amides is 2. The van der Waals surface area contributed by atoms with Crippen LogP contribution in [0.3, 0.4) is 0 Å². The number of halogens is 2. The molecule has 1 aromatic rings. The summed E-state index contributed by atoms with van der Waals surface area (Å²) in [6, 6.07) is 3.30. The summed E-state index contributed by atoms with van der Waals surface area (Å²) in [5.41, 5.74) is 0.173. The van der Waals surface area contributed by atoms with E-state index in [4.69, 9.17) is 23.2 Å². The molecule has 1 atom stereocenters. The highest BCUT2D eigenvalue weighted by atomic mass is 35.5. The molecule has 0 saturated carbocycles. The molecule has 0 aromatic carbocycles. The van der Waals surface area contributed by atoms with Gasteiger partial charge in [0.1, 0.15) is 10.8 Å². The summed E-state index contributed by atoms with van der Waals surface area (Å²) in [6.07, 6.45) is 0.904. The first-order chi connectivity index (χ1) is 11.4. The van der Waals surface area contributed by atoms with Gasteiger partial charge in [-0.1, -0.05) is 30.1 Å². The van der Waals surface area contributed by atoms with Crippen LogP contribution in [0.25, 0.3) is 0 Å². The van der Waals surface area contributed by atoms with Crippen LogP contribution in [0.4, 0.5) is 0 Å². The average Bonchev–Trinajstić information content (AvgIpc) is 2.57. The van der Waals surface area contributed by atoms with E-state index in [1.54, 1.807) is 17.0 Å². The zero-order valence-electron chi connectivity index (χ0n) is 13.9. The van der Waals surface area contributed by atoms with Gasteiger partial charge in [-0.25, -0.2) is 4.98 Å². The molecule has 8 heteroatoms. The lowest BCUT2D eigenvalue weighted by Gasteiger charge is -2.34. The summed E-state index contributed by atoms with van der Waals surface area (Å²) in [5, 5.41) is 3.48. The van der Waals surface area contributed by atoms with E-state index in [0.717, 1.165) is 6.42 Å². The Kier molecular flexibility index (Phi) is 6.83. The molecule has 1 aliphatic rings. The van der Waals surface area contributed by atoms with Crippen LogP contribution in [-0.4, -0.2) is 65.4 Å². The Bertz CT molecular complexity index is 604. The predicted octanol–water partition coefficient (Wildman–Crippen LogP) is 2.06. The summed E-state index contributed by atoms with van der Waals surface area (Å²) in [4.78, 5) is 32.2. The lowest BCUT2D eigenvalue weighted by atomic mass is 10.2. The molecule has 2 amide bonds. The lowest BCUT2D eigenvalue weighted by Crippen LogP contribution is -2.51. The molecule has 1 saturated heterocycles. The molecule has 1 unspecified atom stereocenters. The smallest absolute Gasteiger partial charge is 0.274 e.